The van der Waals surface area contributed by atoms with Gasteiger partial charge in [0.05, 0.1) is 0 Å². The van der Waals surface area contributed by atoms with E-state index in [1.165, 1.54) is 0 Å². The van der Waals surface area contributed by atoms with Crippen LogP contribution in [0.2, 0.25) is 5.02 Å². The molecule has 0 bridgehead atoms. The van der Waals surface area contributed by atoms with E-state index in [9.17, 15) is 9.59 Å². The molecule has 1 unspecified atom stereocenters. The minimum atomic E-state index is -0.579. The molecule has 29 heavy (non-hydrogen) atoms. The van der Waals surface area contributed by atoms with Crippen LogP contribution < -0.4 is 10.1 Å². The van der Waals surface area contributed by atoms with Crippen molar-refractivity contribution in [3.05, 3.63) is 95.0 Å². The summed E-state index contributed by atoms with van der Waals surface area (Å²) in [5.41, 5.74) is 1.71. The van der Waals surface area contributed by atoms with E-state index in [4.69, 9.17) is 16.3 Å². The number of ether oxygens (including phenoxy) is 1. The second kappa shape index (κ2) is 9.89. The molecule has 0 heterocycles. The predicted octanol–water partition coefficient (Wildman–Crippen LogP) is 6.02. The van der Waals surface area contributed by atoms with Crippen LogP contribution >= 0.6 is 11.6 Å². The normalized spacial score (nSPS) is 11.5. The molecular formula is C24H22ClNO3. The van der Waals surface area contributed by atoms with Gasteiger partial charge in [-0.2, -0.15) is 0 Å². The maximum atomic E-state index is 12.8. The molecule has 0 spiro atoms. The molecule has 0 aliphatic carbocycles. The van der Waals surface area contributed by atoms with E-state index in [0.717, 1.165) is 6.42 Å². The molecule has 1 amide bonds. The topological polar surface area (TPSA) is 55.4 Å². The van der Waals surface area contributed by atoms with Crippen LogP contribution in [0.4, 0.5) is 5.69 Å². The van der Waals surface area contributed by atoms with Crippen LogP contribution in [0.15, 0.2) is 78.9 Å². The highest BCUT2D eigenvalue weighted by Crippen LogP contribution is 2.22. The van der Waals surface area contributed by atoms with E-state index >= 15 is 0 Å². The lowest BCUT2D eigenvalue weighted by molar-refractivity contribution is 0.0777. The third-order valence-electron chi connectivity index (χ3n) is 4.38. The first kappa shape index (κ1) is 20.6. The molecule has 0 saturated heterocycles. The van der Waals surface area contributed by atoms with Gasteiger partial charge in [-0.3, -0.25) is 9.59 Å². The molecule has 0 saturated carbocycles. The Hall–Kier alpha value is -3.11. The van der Waals surface area contributed by atoms with Gasteiger partial charge in [0.2, 0.25) is 5.78 Å². The first-order valence-electron chi connectivity index (χ1n) is 9.49. The Labute approximate surface area is 175 Å². The largest absolute Gasteiger partial charge is 0.482 e. The SMILES string of the molecule is CCCC(Oc1cccc(NC(=O)c2ccc(Cl)cc2)c1)C(=O)c1ccccc1. The molecule has 1 atom stereocenters. The lowest BCUT2D eigenvalue weighted by Gasteiger charge is -2.18. The Morgan fingerprint density at radius 3 is 2.34 bits per heavy atom. The summed E-state index contributed by atoms with van der Waals surface area (Å²) in [6.07, 6.45) is 0.843. The van der Waals surface area contributed by atoms with Crippen molar-refractivity contribution >= 4 is 29.0 Å². The number of hydrogen-bond donors (Lipinski definition) is 1. The minimum Gasteiger partial charge on any atom is -0.482 e. The summed E-state index contributed by atoms with van der Waals surface area (Å²) in [7, 11) is 0. The molecule has 148 valence electrons. The van der Waals surface area contributed by atoms with Crippen LogP contribution in [0.25, 0.3) is 0 Å². The highest BCUT2D eigenvalue weighted by Gasteiger charge is 2.21. The van der Waals surface area contributed by atoms with Crippen molar-refractivity contribution in [2.45, 2.75) is 25.9 Å². The number of ketones is 1. The molecule has 4 nitrogen and oxygen atoms in total. The summed E-state index contributed by atoms with van der Waals surface area (Å²) in [5, 5.41) is 3.41. The Kier molecular flexibility index (Phi) is 7.04. The first-order valence-corrected chi connectivity index (χ1v) is 9.87. The molecular weight excluding hydrogens is 386 g/mol. The van der Waals surface area contributed by atoms with Gasteiger partial charge in [-0.25, -0.2) is 0 Å². The van der Waals surface area contributed by atoms with Crippen molar-refractivity contribution in [3.8, 4) is 5.75 Å². The first-order chi connectivity index (χ1) is 14.1. The summed E-state index contributed by atoms with van der Waals surface area (Å²) in [4.78, 5) is 25.2. The zero-order valence-corrected chi connectivity index (χ0v) is 16.9. The number of carbonyl (C=O) groups is 2. The number of nitrogens with one attached hydrogen (secondary N) is 1. The number of carbonyl (C=O) groups excluding carboxylic acids is 2. The number of amides is 1. The fourth-order valence-electron chi connectivity index (χ4n) is 2.91. The van der Waals surface area contributed by atoms with Crippen LogP contribution in [-0.4, -0.2) is 17.8 Å². The van der Waals surface area contributed by atoms with Gasteiger partial charge in [0.1, 0.15) is 5.75 Å². The Balaban J connectivity index is 1.72. The molecule has 0 fully saturated rings. The molecule has 0 aliphatic rings. The minimum absolute atomic E-state index is 0.0527. The van der Waals surface area contributed by atoms with Gasteiger partial charge >= 0.3 is 0 Å². The van der Waals surface area contributed by atoms with E-state index in [1.807, 2.05) is 25.1 Å². The zero-order valence-electron chi connectivity index (χ0n) is 16.1. The summed E-state index contributed by atoms with van der Waals surface area (Å²) in [6.45, 7) is 2.01. The van der Waals surface area contributed by atoms with E-state index in [1.54, 1.807) is 60.7 Å². The molecule has 3 aromatic carbocycles. The standard InChI is InChI=1S/C24H22ClNO3/c1-2-7-22(23(27)17-8-4-3-5-9-17)29-21-11-6-10-20(16-21)26-24(28)18-12-14-19(25)15-13-18/h3-6,8-16,22H,2,7H2,1H3,(H,26,28). The van der Waals surface area contributed by atoms with Crippen molar-refractivity contribution < 1.29 is 14.3 Å². The average molecular weight is 408 g/mol. The van der Waals surface area contributed by atoms with Gasteiger partial charge in [0.15, 0.2) is 6.10 Å². The van der Waals surface area contributed by atoms with Gasteiger partial charge in [-0.1, -0.05) is 61.3 Å². The summed E-state index contributed by atoms with van der Waals surface area (Å²) in [5.74, 6) is 0.231. The molecule has 3 aromatic rings. The van der Waals surface area contributed by atoms with Crippen molar-refractivity contribution in [2.75, 3.05) is 5.32 Å². The van der Waals surface area contributed by atoms with Crippen LogP contribution in [0.5, 0.6) is 5.75 Å². The highest BCUT2D eigenvalue weighted by atomic mass is 35.5. The maximum absolute atomic E-state index is 12.8. The van der Waals surface area contributed by atoms with E-state index in [0.29, 0.717) is 34.0 Å². The van der Waals surface area contributed by atoms with E-state index in [2.05, 4.69) is 5.32 Å². The van der Waals surface area contributed by atoms with Crippen molar-refractivity contribution in [3.63, 3.8) is 0 Å². The molecule has 3 rings (SSSR count). The van der Waals surface area contributed by atoms with Crippen LogP contribution in [0.1, 0.15) is 40.5 Å². The number of hydrogen-bond acceptors (Lipinski definition) is 3. The van der Waals surface area contributed by atoms with E-state index in [-0.39, 0.29) is 11.7 Å². The Bertz CT molecular complexity index is 971. The fraction of sp³-hybridized carbons (Fsp3) is 0.167. The van der Waals surface area contributed by atoms with Crippen molar-refractivity contribution in [1.29, 1.82) is 0 Å². The number of halogens is 1. The predicted molar refractivity (Wildman–Crippen MR) is 116 cm³/mol. The van der Waals surface area contributed by atoms with E-state index < -0.39 is 6.10 Å². The Morgan fingerprint density at radius 1 is 0.931 bits per heavy atom. The molecule has 0 aliphatic heterocycles. The smallest absolute Gasteiger partial charge is 0.255 e. The second-order valence-electron chi connectivity index (χ2n) is 6.61. The van der Waals surface area contributed by atoms with Crippen LogP contribution in [-0.2, 0) is 0 Å². The number of benzene rings is 3. The van der Waals surface area contributed by atoms with Crippen LogP contribution in [0, 0.1) is 0 Å². The van der Waals surface area contributed by atoms with Gasteiger partial charge in [-0.05, 0) is 42.8 Å². The summed E-state index contributed by atoms with van der Waals surface area (Å²) in [6, 6.07) is 22.8. The summed E-state index contributed by atoms with van der Waals surface area (Å²) < 4.78 is 6.00. The lowest BCUT2D eigenvalue weighted by Crippen LogP contribution is -2.27. The highest BCUT2D eigenvalue weighted by molar-refractivity contribution is 6.30. The zero-order chi connectivity index (χ0) is 20.6. The molecule has 0 aromatic heterocycles. The fourth-order valence-corrected chi connectivity index (χ4v) is 3.04. The van der Waals surface area contributed by atoms with Gasteiger partial charge < -0.3 is 10.1 Å². The second-order valence-corrected chi connectivity index (χ2v) is 7.05. The third kappa shape index (κ3) is 5.69. The van der Waals surface area contributed by atoms with Crippen molar-refractivity contribution in [2.24, 2.45) is 0 Å². The lowest BCUT2D eigenvalue weighted by atomic mass is 10.0. The molecule has 1 N–H and O–H groups in total. The Morgan fingerprint density at radius 2 is 1.66 bits per heavy atom. The number of rotatable bonds is 8. The molecule has 5 heteroatoms. The third-order valence-corrected chi connectivity index (χ3v) is 4.63. The number of Topliss-reactive ketones (excluding diaryl/α,β-unsaturated/α-hetero) is 1. The monoisotopic (exact) mass is 407 g/mol. The van der Waals surface area contributed by atoms with Crippen LogP contribution in [0.3, 0.4) is 0 Å². The number of anilines is 1. The van der Waals surface area contributed by atoms with Gasteiger partial charge in [0.25, 0.3) is 5.91 Å². The average Bonchev–Trinajstić information content (AvgIpc) is 2.74. The maximum Gasteiger partial charge on any atom is 0.255 e. The summed E-state index contributed by atoms with van der Waals surface area (Å²) >= 11 is 5.87. The van der Waals surface area contributed by atoms with Crippen molar-refractivity contribution in [1.82, 2.24) is 0 Å². The van der Waals surface area contributed by atoms with Gasteiger partial charge in [-0.15, -0.1) is 0 Å². The van der Waals surface area contributed by atoms with Gasteiger partial charge in [0, 0.05) is 27.9 Å². The molecule has 0 radical (unpaired) electrons. The quantitative estimate of drug-likeness (QED) is 0.464.